The van der Waals surface area contributed by atoms with Crippen molar-refractivity contribution in [3.05, 3.63) is 35.9 Å². The van der Waals surface area contributed by atoms with E-state index < -0.39 is 0 Å². The topological polar surface area (TPSA) is 30.7 Å². The van der Waals surface area contributed by atoms with E-state index in [-0.39, 0.29) is 0 Å². The van der Waals surface area contributed by atoms with Gasteiger partial charge in [0.05, 0.1) is 5.39 Å². The van der Waals surface area contributed by atoms with E-state index in [1.807, 2.05) is 6.07 Å². The van der Waals surface area contributed by atoms with E-state index in [9.17, 15) is 0 Å². The van der Waals surface area contributed by atoms with Crippen LogP contribution >= 0.6 is 11.6 Å². The molecule has 0 spiro atoms. The van der Waals surface area contributed by atoms with Crippen LogP contribution in [0.1, 0.15) is 38.1 Å². The first-order valence-electron chi connectivity index (χ1n) is 7.40. The van der Waals surface area contributed by atoms with Crippen LogP contribution < -0.4 is 0 Å². The van der Waals surface area contributed by atoms with E-state index in [0.29, 0.717) is 17.1 Å². The van der Waals surface area contributed by atoms with Crippen molar-refractivity contribution in [2.45, 2.75) is 38.1 Å². The van der Waals surface area contributed by atoms with Crippen LogP contribution in [0.25, 0.3) is 11.0 Å². The standard InChI is InChI=1S/C16H18ClN3/c1-10(11-2-3-11)12-4-5-13(8-12)20-7-6-14-15(17)18-9-19-16(14)20/h6-7,9,11-13H,1-5,8H2. The molecule has 4 rings (SSSR count). The van der Waals surface area contributed by atoms with E-state index in [1.165, 1.54) is 37.7 Å². The van der Waals surface area contributed by atoms with E-state index in [4.69, 9.17) is 11.6 Å². The third-order valence-electron chi connectivity index (χ3n) is 4.89. The highest BCUT2D eigenvalue weighted by atomic mass is 35.5. The molecule has 0 saturated heterocycles. The molecule has 104 valence electrons. The van der Waals surface area contributed by atoms with E-state index >= 15 is 0 Å². The molecule has 4 heteroatoms. The fourth-order valence-electron chi connectivity index (χ4n) is 3.57. The summed E-state index contributed by atoms with van der Waals surface area (Å²) in [7, 11) is 0. The van der Waals surface area contributed by atoms with E-state index in [2.05, 4.69) is 27.3 Å². The SMILES string of the molecule is C=C(C1CC1)C1CCC(n2ccc3c(Cl)ncnc32)C1. The van der Waals surface area contributed by atoms with Crippen molar-refractivity contribution in [1.29, 1.82) is 0 Å². The smallest absolute Gasteiger partial charge is 0.145 e. The van der Waals surface area contributed by atoms with Crippen molar-refractivity contribution in [2.75, 3.05) is 0 Å². The molecule has 2 atom stereocenters. The van der Waals surface area contributed by atoms with Gasteiger partial charge in [-0.15, -0.1) is 0 Å². The molecule has 2 unspecified atom stereocenters. The molecule has 2 fully saturated rings. The van der Waals surface area contributed by atoms with Crippen molar-refractivity contribution < 1.29 is 0 Å². The van der Waals surface area contributed by atoms with Crippen LogP contribution in [0.15, 0.2) is 30.7 Å². The zero-order chi connectivity index (χ0) is 13.7. The maximum atomic E-state index is 6.13. The van der Waals surface area contributed by atoms with Gasteiger partial charge in [0.1, 0.15) is 17.1 Å². The van der Waals surface area contributed by atoms with Gasteiger partial charge in [0.15, 0.2) is 0 Å². The molecule has 2 aliphatic carbocycles. The van der Waals surface area contributed by atoms with Crippen LogP contribution in [-0.2, 0) is 0 Å². The highest BCUT2D eigenvalue weighted by Crippen LogP contribution is 2.47. The van der Waals surface area contributed by atoms with Crippen molar-refractivity contribution in [3.8, 4) is 0 Å². The van der Waals surface area contributed by atoms with Gasteiger partial charge in [0, 0.05) is 12.2 Å². The normalized spacial score (nSPS) is 26.2. The molecule has 0 bridgehead atoms. The summed E-state index contributed by atoms with van der Waals surface area (Å²) in [6.45, 7) is 4.33. The maximum absolute atomic E-state index is 6.13. The third kappa shape index (κ3) is 1.96. The first kappa shape index (κ1) is 12.4. The Bertz CT molecular complexity index is 671. The number of hydrogen-bond donors (Lipinski definition) is 0. The summed E-state index contributed by atoms with van der Waals surface area (Å²) < 4.78 is 2.28. The highest BCUT2D eigenvalue weighted by molar-refractivity contribution is 6.33. The quantitative estimate of drug-likeness (QED) is 0.619. The summed E-state index contributed by atoms with van der Waals surface area (Å²) in [5.74, 6) is 1.51. The van der Waals surface area contributed by atoms with Gasteiger partial charge in [-0.1, -0.05) is 23.8 Å². The van der Waals surface area contributed by atoms with Crippen molar-refractivity contribution >= 4 is 22.6 Å². The molecule has 0 radical (unpaired) electrons. The van der Waals surface area contributed by atoms with Gasteiger partial charge >= 0.3 is 0 Å². The summed E-state index contributed by atoms with van der Waals surface area (Å²) in [4.78, 5) is 8.46. The number of nitrogens with zero attached hydrogens (tertiary/aromatic N) is 3. The van der Waals surface area contributed by atoms with Gasteiger partial charge in [-0.05, 0) is 50.0 Å². The maximum Gasteiger partial charge on any atom is 0.145 e. The highest BCUT2D eigenvalue weighted by Gasteiger charge is 2.34. The second-order valence-corrected chi connectivity index (χ2v) is 6.50. The van der Waals surface area contributed by atoms with Crippen LogP contribution in [0, 0.1) is 11.8 Å². The number of hydrogen-bond acceptors (Lipinski definition) is 2. The fraction of sp³-hybridized carbons (Fsp3) is 0.500. The Kier molecular flexibility index (Phi) is 2.84. The number of rotatable bonds is 3. The molecular formula is C16H18ClN3. The molecular weight excluding hydrogens is 270 g/mol. The van der Waals surface area contributed by atoms with Gasteiger partial charge in [0.2, 0.25) is 0 Å². The summed E-state index contributed by atoms with van der Waals surface area (Å²) in [6.07, 6.45) is 10.0. The minimum absolute atomic E-state index is 0.527. The molecule has 0 aliphatic heterocycles. The number of aromatic nitrogens is 3. The Hall–Kier alpha value is -1.35. The molecule has 2 heterocycles. The van der Waals surface area contributed by atoms with Crippen LogP contribution in [0.4, 0.5) is 0 Å². The summed E-state index contributed by atoms with van der Waals surface area (Å²) in [5.41, 5.74) is 2.46. The molecule has 3 nitrogen and oxygen atoms in total. The Morgan fingerprint density at radius 3 is 2.80 bits per heavy atom. The number of halogens is 1. The van der Waals surface area contributed by atoms with Gasteiger partial charge in [-0.25, -0.2) is 9.97 Å². The third-order valence-corrected chi connectivity index (χ3v) is 5.19. The molecule has 20 heavy (non-hydrogen) atoms. The lowest BCUT2D eigenvalue weighted by atomic mass is 9.95. The first-order chi connectivity index (χ1) is 9.74. The van der Waals surface area contributed by atoms with Crippen LogP contribution in [0.5, 0.6) is 0 Å². The Morgan fingerprint density at radius 2 is 2.00 bits per heavy atom. The van der Waals surface area contributed by atoms with E-state index in [0.717, 1.165) is 17.0 Å². The molecule has 0 amide bonds. The lowest BCUT2D eigenvalue weighted by Gasteiger charge is -2.15. The lowest BCUT2D eigenvalue weighted by molar-refractivity contribution is 0.506. The monoisotopic (exact) mass is 287 g/mol. The van der Waals surface area contributed by atoms with Crippen LogP contribution in [-0.4, -0.2) is 14.5 Å². The second kappa shape index (κ2) is 4.59. The Balaban J connectivity index is 1.61. The summed E-state index contributed by atoms with van der Waals surface area (Å²) >= 11 is 6.13. The van der Waals surface area contributed by atoms with Crippen molar-refractivity contribution in [1.82, 2.24) is 14.5 Å². The van der Waals surface area contributed by atoms with Crippen molar-refractivity contribution in [3.63, 3.8) is 0 Å². The Morgan fingerprint density at radius 1 is 1.20 bits per heavy atom. The van der Waals surface area contributed by atoms with Crippen LogP contribution in [0.2, 0.25) is 5.15 Å². The predicted octanol–water partition coefficient (Wildman–Crippen LogP) is 4.39. The molecule has 2 aromatic heterocycles. The second-order valence-electron chi connectivity index (χ2n) is 6.14. The molecule has 2 aliphatic rings. The van der Waals surface area contributed by atoms with Gasteiger partial charge in [0.25, 0.3) is 0 Å². The average molecular weight is 288 g/mol. The van der Waals surface area contributed by atoms with Gasteiger partial charge in [-0.3, -0.25) is 0 Å². The summed E-state index contributed by atoms with van der Waals surface area (Å²) in [6, 6.07) is 2.56. The molecule has 0 N–H and O–H groups in total. The van der Waals surface area contributed by atoms with Gasteiger partial charge < -0.3 is 4.57 Å². The largest absolute Gasteiger partial charge is 0.329 e. The summed E-state index contributed by atoms with van der Waals surface area (Å²) in [5, 5.41) is 1.50. The predicted molar refractivity (Wildman–Crippen MR) is 80.8 cm³/mol. The Labute approximate surface area is 123 Å². The number of fused-ring (bicyclic) bond motifs is 1. The molecule has 0 aromatic carbocycles. The fourth-order valence-corrected chi connectivity index (χ4v) is 3.76. The first-order valence-corrected chi connectivity index (χ1v) is 7.77. The zero-order valence-electron chi connectivity index (χ0n) is 11.4. The number of allylic oxidation sites excluding steroid dienone is 1. The minimum Gasteiger partial charge on any atom is -0.329 e. The lowest BCUT2D eigenvalue weighted by Crippen LogP contribution is -2.06. The van der Waals surface area contributed by atoms with Crippen LogP contribution in [0.3, 0.4) is 0 Å². The van der Waals surface area contributed by atoms with Crippen molar-refractivity contribution in [2.24, 2.45) is 11.8 Å². The molecule has 2 saturated carbocycles. The minimum atomic E-state index is 0.527. The molecule has 2 aromatic rings. The average Bonchev–Trinajstić information content (AvgIpc) is 3.01. The van der Waals surface area contributed by atoms with E-state index in [1.54, 1.807) is 6.33 Å². The van der Waals surface area contributed by atoms with Gasteiger partial charge in [-0.2, -0.15) is 0 Å². The zero-order valence-corrected chi connectivity index (χ0v) is 12.2.